The summed E-state index contributed by atoms with van der Waals surface area (Å²) in [5, 5.41) is 0. The molecule has 2 heterocycles. The molecule has 1 aliphatic heterocycles. The number of Topliss-reactive ketones (excluding diaryl/α,β-unsaturated/α-hetero) is 1. The fourth-order valence-electron chi connectivity index (χ4n) is 3.85. The van der Waals surface area contributed by atoms with E-state index in [1.54, 1.807) is 30.3 Å². The number of ketones is 1. The van der Waals surface area contributed by atoms with Gasteiger partial charge in [-0.2, -0.15) is 0 Å². The molecular formula is C22H24N2O5. The van der Waals surface area contributed by atoms with Gasteiger partial charge >= 0.3 is 5.97 Å². The molecule has 0 saturated heterocycles. The Morgan fingerprint density at radius 3 is 2.03 bits per heavy atom. The number of carbonyl (C=O) groups is 4. The molecule has 0 bridgehead atoms. The number of aryl methyl sites for hydroxylation is 1. The number of hydrogen-bond acceptors (Lipinski definition) is 5. The maximum absolute atomic E-state index is 12.6. The standard InChI is InChI=1S/C22H24N2O5/c1-12(2)23-13(3)10-18(14(23)4)19(25)11-29-22(28)15(5)24-20(26)16-8-6-7-9-17(16)21(24)27/h6-10,12,15H,11H2,1-5H3/t15-/m0/s1. The predicted molar refractivity (Wildman–Crippen MR) is 106 cm³/mol. The summed E-state index contributed by atoms with van der Waals surface area (Å²) in [5.41, 5.74) is 2.78. The van der Waals surface area contributed by atoms with Crippen LogP contribution in [0.15, 0.2) is 30.3 Å². The van der Waals surface area contributed by atoms with Gasteiger partial charge in [0.2, 0.25) is 5.78 Å². The Hall–Kier alpha value is -3.22. The molecule has 1 aliphatic rings. The van der Waals surface area contributed by atoms with E-state index in [1.165, 1.54) is 6.92 Å². The van der Waals surface area contributed by atoms with Crippen LogP contribution in [0.4, 0.5) is 0 Å². The molecule has 152 valence electrons. The van der Waals surface area contributed by atoms with Gasteiger partial charge in [-0.15, -0.1) is 0 Å². The summed E-state index contributed by atoms with van der Waals surface area (Å²) in [6, 6.07) is 7.25. The lowest BCUT2D eigenvalue weighted by Crippen LogP contribution is -2.44. The number of fused-ring (bicyclic) bond motifs is 1. The molecule has 1 aromatic heterocycles. The van der Waals surface area contributed by atoms with Crippen molar-refractivity contribution in [1.29, 1.82) is 0 Å². The number of nitrogens with zero attached hydrogens (tertiary/aromatic N) is 2. The average molecular weight is 396 g/mol. The highest BCUT2D eigenvalue weighted by Gasteiger charge is 2.41. The molecule has 0 aliphatic carbocycles. The van der Waals surface area contributed by atoms with Crippen molar-refractivity contribution in [2.24, 2.45) is 0 Å². The van der Waals surface area contributed by atoms with Crippen LogP contribution in [-0.2, 0) is 9.53 Å². The van der Waals surface area contributed by atoms with Gasteiger partial charge in [-0.05, 0) is 52.8 Å². The molecule has 3 rings (SSSR count). The van der Waals surface area contributed by atoms with Crippen LogP contribution in [0, 0.1) is 13.8 Å². The molecule has 1 atom stereocenters. The zero-order valence-corrected chi connectivity index (χ0v) is 17.2. The summed E-state index contributed by atoms with van der Waals surface area (Å²) in [6.07, 6.45) is 0. The Labute approximate surface area is 169 Å². The second-order valence-electron chi connectivity index (χ2n) is 7.48. The molecule has 0 fully saturated rings. The lowest BCUT2D eigenvalue weighted by molar-refractivity contribution is -0.146. The Bertz CT molecular complexity index is 983. The van der Waals surface area contributed by atoms with Gasteiger partial charge in [-0.1, -0.05) is 12.1 Å². The molecule has 1 aromatic carbocycles. The highest BCUT2D eigenvalue weighted by Crippen LogP contribution is 2.25. The lowest BCUT2D eigenvalue weighted by Gasteiger charge is -2.20. The van der Waals surface area contributed by atoms with Gasteiger partial charge in [0.05, 0.1) is 11.1 Å². The number of aromatic nitrogens is 1. The maximum atomic E-state index is 12.6. The van der Waals surface area contributed by atoms with Crippen molar-refractivity contribution < 1.29 is 23.9 Å². The van der Waals surface area contributed by atoms with Crippen LogP contribution >= 0.6 is 0 Å². The van der Waals surface area contributed by atoms with E-state index in [9.17, 15) is 19.2 Å². The normalized spacial score (nSPS) is 14.3. The number of amides is 2. The fourth-order valence-corrected chi connectivity index (χ4v) is 3.85. The molecule has 29 heavy (non-hydrogen) atoms. The van der Waals surface area contributed by atoms with Crippen molar-refractivity contribution >= 4 is 23.6 Å². The minimum absolute atomic E-state index is 0.202. The van der Waals surface area contributed by atoms with E-state index in [1.807, 2.05) is 32.3 Å². The summed E-state index contributed by atoms with van der Waals surface area (Å²) in [7, 11) is 0. The van der Waals surface area contributed by atoms with E-state index in [0.29, 0.717) is 5.56 Å². The highest BCUT2D eigenvalue weighted by atomic mass is 16.5. The molecule has 2 aromatic rings. The first-order valence-corrected chi connectivity index (χ1v) is 9.50. The van der Waals surface area contributed by atoms with Crippen LogP contribution in [-0.4, -0.2) is 45.7 Å². The Morgan fingerprint density at radius 1 is 1.00 bits per heavy atom. The number of hydrogen-bond donors (Lipinski definition) is 0. The third kappa shape index (κ3) is 3.48. The third-order valence-corrected chi connectivity index (χ3v) is 5.20. The minimum atomic E-state index is -1.13. The van der Waals surface area contributed by atoms with Gasteiger partial charge in [-0.3, -0.25) is 19.3 Å². The Kier molecular flexibility index (Phi) is 5.42. The summed E-state index contributed by atoms with van der Waals surface area (Å²) < 4.78 is 7.19. The lowest BCUT2D eigenvalue weighted by atomic mass is 10.1. The quantitative estimate of drug-likeness (QED) is 0.425. The van der Waals surface area contributed by atoms with Crippen LogP contribution in [0.5, 0.6) is 0 Å². The third-order valence-electron chi connectivity index (χ3n) is 5.20. The van der Waals surface area contributed by atoms with Crippen LogP contribution in [0.1, 0.15) is 69.3 Å². The van der Waals surface area contributed by atoms with Crippen molar-refractivity contribution in [3.63, 3.8) is 0 Å². The van der Waals surface area contributed by atoms with E-state index >= 15 is 0 Å². The molecule has 0 saturated carbocycles. The van der Waals surface area contributed by atoms with Gasteiger partial charge < -0.3 is 9.30 Å². The van der Waals surface area contributed by atoms with Crippen molar-refractivity contribution in [2.75, 3.05) is 6.61 Å². The first-order chi connectivity index (χ1) is 13.6. The number of benzene rings is 1. The predicted octanol–water partition coefficient (Wildman–Crippen LogP) is 3.10. The van der Waals surface area contributed by atoms with E-state index in [-0.39, 0.29) is 23.0 Å². The summed E-state index contributed by atoms with van der Waals surface area (Å²) in [6.45, 7) is 8.79. The van der Waals surface area contributed by atoms with Crippen LogP contribution < -0.4 is 0 Å². The Balaban J connectivity index is 1.69. The average Bonchev–Trinajstić information content (AvgIpc) is 3.12. The molecule has 0 N–H and O–H groups in total. The van der Waals surface area contributed by atoms with Gasteiger partial charge in [-0.25, -0.2) is 4.79 Å². The molecule has 0 radical (unpaired) electrons. The largest absolute Gasteiger partial charge is 0.456 e. The highest BCUT2D eigenvalue weighted by molar-refractivity contribution is 6.22. The van der Waals surface area contributed by atoms with Crippen LogP contribution in [0.2, 0.25) is 0 Å². The molecule has 7 heteroatoms. The van der Waals surface area contributed by atoms with Crippen molar-refractivity contribution in [3.8, 4) is 0 Å². The first-order valence-electron chi connectivity index (χ1n) is 9.50. The monoisotopic (exact) mass is 396 g/mol. The van der Waals surface area contributed by atoms with Gasteiger partial charge in [0, 0.05) is 23.0 Å². The number of ether oxygens (including phenoxy) is 1. The fraction of sp³-hybridized carbons (Fsp3) is 0.364. The second-order valence-corrected chi connectivity index (χ2v) is 7.48. The number of carbonyl (C=O) groups excluding carboxylic acids is 4. The summed E-state index contributed by atoms with van der Waals surface area (Å²) >= 11 is 0. The van der Waals surface area contributed by atoms with Gasteiger partial charge in [0.25, 0.3) is 11.8 Å². The van der Waals surface area contributed by atoms with E-state index in [0.717, 1.165) is 16.3 Å². The Morgan fingerprint density at radius 2 is 1.55 bits per heavy atom. The molecule has 7 nitrogen and oxygen atoms in total. The molecule has 0 spiro atoms. The van der Waals surface area contributed by atoms with E-state index in [4.69, 9.17) is 4.74 Å². The number of esters is 1. The second kappa shape index (κ2) is 7.66. The van der Waals surface area contributed by atoms with E-state index < -0.39 is 30.4 Å². The zero-order valence-electron chi connectivity index (χ0n) is 17.2. The summed E-state index contributed by atoms with van der Waals surface area (Å²) in [4.78, 5) is 50.9. The van der Waals surface area contributed by atoms with Crippen molar-refractivity contribution in [3.05, 3.63) is 58.4 Å². The van der Waals surface area contributed by atoms with Gasteiger partial charge in [0.1, 0.15) is 6.04 Å². The van der Waals surface area contributed by atoms with Crippen LogP contribution in [0.3, 0.4) is 0 Å². The van der Waals surface area contributed by atoms with Crippen LogP contribution in [0.25, 0.3) is 0 Å². The summed E-state index contributed by atoms with van der Waals surface area (Å²) in [5.74, 6) is -2.21. The zero-order chi connectivity index (χ0) is 21.5. The maximum Gasteiger partial charge on any atom is 0.329 e. The number of rotatable bonds is 6. The topological polar surface area (TPSA) is 85.7 Å². The van der Waals surface area contributed by atoms with Crippen molar-refractivity contribution in [2.45, 2.75) is 46.7 Å². The van der Waals surface area contributed by atoms with Gasteiger partial charge in [0.15, 0.2) is 6.61 Å². The molecule has 2 amide bonds. The smallest absolute Gasteiger partial charge is 0.329 e. The minimum Gasteiger partial charge on any atom is -0.456 e. The van der Waals surface area contributed by atoms with E-state index in [2.05, 4.69) is 0 Å². The molecule has 0 unspecified atom stereocenters. The SMILES string of the molecule is Cc1cc(C(=O)COC(=O)[C@H](C)N2C(=O)c3ccccc3C2=O)c(C)n1C(C)C. The number of imide groups is 1. The molecular weight excluding hydrogens is 372 g/mol. The first kappa shape index (κ1) is 20.5. The van der Waals surface area contributed by atoms with Crippen molar-refractivity contribution in [1.82, 2.24) is 9.47 Å².